The molecule has 7 heteroatoms. The maximum atomic E-state index is 12.5. The third kappa shape index (κ3) is 2.90. The van der Waals surface area contributed by atoms with Gasteiger partial charge in [-0.05, 0) is 25.1 Å². The van der Waals surface area contributed by atoms with Gasteiger partial charge in [0, 0.05) is 13.1 Å². The first-order chi connectivity index (χ1) is 8.95. The second kappa shape index (κ2) is 5.47. The van der Waals surface area contributed by atoms with Gasteiger partial charge < -0.3 is 4.74 Å². The lowest BCUT2D eigenvalue weighted by molar-refractivity contribution is 0.0102. The van der Waals surface area contributed by atoms with Gasteiger partial charge in [-0.25, -0.2) is 8.42 Å². The second-order valence-corrected chi connectivity index (χ2v) is 6.62. The quantitative estimate of drug-likeness (QED) is 0.832. The average Bonchev–Trinajstić information content (AvgIpc) is 2.39. The van der Waals surface area contributed by atoms with Crippen LogP contribution in [0.1, 0.15) is 12.5 Å². The molecular formula is C12H13ClN2O3S. The monoisotopic (exact) mass is 300 g/mol. The van der Waals surface area contributed by atoms with Crippen molar-refractivity contribution in [2.24, 2.45) is 0 Å². The Morgan fingerprint density at radius 1 is 1.53 bits per heavy atom. The van der Waals surface area contributed by atoms with Crippen molar-refractivity contribution in [3.8, 4) is 6.07 Å². The van der Waals surface area contributed by atoms with Crippen LogP contribution in [0.4, 0.5) is 0 Å². The van der Waals surface area contributed by atoms with Crippen molar-refractivity contribution in [1.82, 2.24) is 4.31 Å². The molecule has 1 heterocycles. The Balaban J connectivity index is 2.42. The van der Waals surface area contributed by atoms with Gasteiger partial charge in [-0.15, -0.1) is 0 Å². The molecule has 0 bridgehead atoms. The van der Waals surface area contributed by atoms with E-state index in [0.29, 0.717) is 13.2 Å². The molecule has 5 nitrogen and oxygen atoms in total. The van der Waals surface area contributed by atoms with Crippen molar-refractivity contribution in [3.63, 3.8) is 0 Å². The molecule has 0 aliphatic carbocycles. The van der Waals surface area contributed by atoms with E-state index in [4.69, 9.17) is 21.6 Å². The minimum atomic E-state index is -3.69. The van der Waals surface area contributed by atoms with E-state index in [9.17, 15) is 8.42 Å². The largest absolute Gasteiger partial charge is 0.376 e. The Morgan fingerprint density at radius 3 is 2.89 bits per heavy atom. The van der Waals surface area contributed by atoms with Crippen molar-refractivity contribution < 1.29 is 13.2 Å². The molecule has 1 aromatic carbocycles. The number of ether oxygens (including phenoxy) is 1. The molecule has 2 rings (SSSR count). The maximum absolute atomic E-state index is 12.5. The van der Waals surface area contributed by atoms with Crippen molar-refractivity contribution in [2.75, 3.05) is 19.7 Å². The summed E-state index contributed by atoms with van der Waals surface area (Å²) in [5, 5.41) is 8.97. The van der Waals surface area contributed by atoms with Crippen LogP contribution in [0.2, 0.25) is 5.02 Å². The first kappa shape index (κ1) is 14.3. The fraction of sp³-hybridized carbons (Fsp3) is 0.417. The van der Waals surface area contributed by atoms with Gasteiger partial charge in [0.25, 0.3) is 0 Å². The Hall–Kier alpha value is -1.13. The predicted molar refractivity (Wildman–Crippen MR) is 70.3 cm³/mol. The molecular weight excluding hydrogens is 288 g/mol. The van der Waals surface area contributed by atoms with Crippen LogP contribution in [-0.2, 0) is 14.8 Å². The zero-order valence-electron chi connectivity index (χ0n) is 10.3. The van der Waals surface area contributed by atoms with Gasteiger partial charge in [0.2, 0.25) is 10.0 Å². The lowest BCUT2D eigenvalue weighted by atomic mass is 10.2. The first-order valence-electron chi connectivity index (χ1n) is 5.76. The summed E-state index contributed by atoms with van der Waals surface area (Å²) in [6.45, 7) is 2.75. The van der Waals surface area contributed by atoms with E-state index in [2.05, 4.69) is 0 Å². The number of hydrogen-bond acceptors (Lipinski definition) is 4. The Labute approximate surface area is 117 Å². The average molecular weight is 301 g/mol. The SMILES string of the molecule is CC1CN(S(=O)(=O)c2cc(C#N)ccc2Cl)CCO1. The first-order valence-corrected chi connectivity index (χ1v) is 7.58. The number of nitrogens with zero attached hydrogens (tertiary/aromatic N) is 2. The highest BCUT2D eigenvalue weighted by molar-refractivity contribution is 7.89. The van der Waals surface area contributed by atoms with Gasteiger partial charge in [0.1, 0.15) is 4.90 Å². The molecule has 1 aliphatic heterocycles. The molecule has 102 valence electrons. The summed E-state index contributed by atoms with van der Waals surface area (Å²) >= 11 is 5.95. The number of nitriles is 1. The summed E-state index contributed by atoms with van der Waals surface area (Å²) in [4.78, 5) is -0.0256. The van der Waals surface area contributed by atoms with E-state index in [1.165, 1.54) is 22.5 Å². The smallest absolute Gasteiger partial charge is 0.244 e. The van der Waals surface area contributed by atoms with Crippen LogP contribution in [0.3, 0.4) is 0 Å². The minimum Gasteiger partial charge on any atom is -0.376 e. The van der Waals surface area contributed by atoms with Gasteiger partial charge in [-0.2, -0.15) is 9.57 Å². The van der Waals surface area contributed by atoms with E-state index < -0.39 is 10.0 Å². The summed E-state index contributed by atoms with van der Waals surface area (Å²) < 4.78 is 31.7. The Bertz CT molecular complexity index is 624. The van der Waals surface area contributed by atoms with Crippen LogP contribution in [0.5, 0.6) is 0 Å². The summed E-state index contributed by atoms with van der Waals surface area (Å²) in [6, 6.07) is 6.13. The van der Waals surface area contributed by atoms with Gasteiger partial charge in [-0.3, -0.25) is 0 Å². The van der Waals surface area contributed by atoms with E-state index in [1.54, 1.807) is 0 Å². The fourth-order valence-electron chi connectivity index (χ4n) is 1.91. The molecule has 0 radical (unpaired) electrons. The number of halogens is 1. The van der Waals surface area contributed by atoms with Crippen molar-refractivity contribution in [3.05, 3.63) is 28.8 Å². The highest BCUT2D eigenvalue weighted by Crippen LogP contribution is 2.26. The highest BCUT2D eigenvalue weighted by atomic mass is 35.5. The van der Waals surface area contributed by atoms with Crippen molar-refractivity contribution >= 4 is 21.6 Å². The number of rotatable bonds is 2. The third-order valence-electron chi connectivity index (χ3n) is 2.88. The van der Waals surface area contributed by atoms with E-state index in [1.807, 2.05) is 13.0 Å². The molecule has 1 atom stereocenters. The molecule has 0 saturated carbocycles. The summed E-state index contributed by atoms with van der Waals surface area (Å²) in [5.41, 5.74) is 0.268. The normalized spacial score (nSPS) is 21.0. The second-order valence-electron chi connectivity index (χ2n) is 4.30. The molecule has 0 amide bonds. The molecule has 1 fully saturated rings. The number of sulfonamides is 1. The van der Waals surface area contributed by atoms with E-state index in [0.717, 1.165) is 0 Å². The van der Waals surface area contributed by atoms with Crippen molar-refractivity contribution in [1.29, 1.82) is 5.26 Å². The van der Waals surface area contributed by atoms with E-state index in [-0.39, 0.29) is 28.1 Å². The van der Waals surface area contributed by atoms with Crippen LogP contribution in [0.15, 0.2) is 23.1 Å². The van der Waals surface area contributed by atoms with Gasteiger partial charge >= 0.3 is 0 Å². The molecule has 0 spiro atoms. The molecule has 1 saturated heterocycles. The van der Waals surface area contributed by atoms with Gasteiger partial charge in [-0.1, -0.05) is 11.6 Å². The standard InChI is InChI=1S/C12H13ClN2O3S/c1-9-8-15(4-5-18-9)19(16,17)12-6-10(7-14)2-3-11(12)13/h2-3,6,9H,4-5,8H2,1H3. The molecule has 0 N–H and O–H groups in total. The maximum Gasteiger partial charge on any atom is 0.244 e. The fourth-order valence-corrected chi connectivity index (χ4v) is 3.91. The zero-order chi connectivity index (χ0) is 14.0. The Kier molecular flexibility index (Phi) is 4.11. The molecule has 1 unspecified atom stereocenters. The minimum absolute atomic E-state index is 0.0256. The topological polar surface area (TPSA) is 70.4 Å². The lowest BCUT2D eigenvalue weighted by Crippen LogP contribution is -2.44. The molecule has 1 aliphatic rings. The van der Waals surface area contributed by atoms with Crippen LogP contribution in [0.25, 0.3) is 0 Å². The van der Waals surface area contributed by atoms with Crippen LogP contribution < -0.4 is 0 Å². The number of morpholine rings is 1. The van der Waals surface area contributed by atoms with Crippen LogP contribution >= 0.6 is 11.6 Å². The summed E-state index contributed by atoms with van der Waals surface area (Å²) in [5.74, 6) is 0. The lowest BCUT2D eigenvalue weighted by Gasteiger charge is -2.30. The summed E-state index contributed by atoms with van der Waals surface area (Å²) in [6.07, 6.45) is -0.151. The van der Waals surface area contributed by atoms with Crippen LogP contribution in [-0.4, -0.2) is 38.5 Å². The highest BCUT2D eigenvalue weighted by Gasteiger charge is 2.30. The number of hydrogen-bond donors (Lipinski definition) is 0. The third-order valence-corrected chi connectivity index (χ3v) is 5.23. The predicted octanol–water partition coefficient (Wildman–Crippen LogP) is 1.62. The molecule has 19 heavy (non-hydrogen) atoms. The number of benzene rings is 1. The zero-order valence-corrected chi connectivity index (χ0v) is 11.9. The summed E-state index contributed by atoms with van der Waals surface area (Å²) in [7, 11) is -3.69. The van der Waals surface area contributed by atoms with Crippen LogP contribution in [0, 0.1) is 11.3 Å². The van der Waals surface area contributed by atoms with Gasteiger partial charge in [0.05, 0.1) is 29.4 Å². The van der Waals surface area contributed by atoms with E-state index >= 15 is 0 Å². The Morgan fingerprint density at radius 2 is 2.26 bits per heavy atom. The van der Waals surface area contributed by atoms with Gasteiger partial charge in [0.15, 0.2) is 0 Å². The molecule has 1 aromatic rings. The van der Waals surface area contributed by atoms with Crippen molar-refractivity contribution in [2.45, 2.75) is 17.9 Å². The molecule has 0 aromatic heterocycles.